The summed E-state index contributed by atoms with van der Waals surface area (Å²) in [5.74, 6) is 0.634. The highest BCUT2D eigenvalue weighted by atomic mass is 16.2. The number of carbonyl (C=O) groups is 1. The smallest absolute Gasteiger partial charge is 0.236 e. The van der Waals surface area contributed by atoms with E-state index >= 15 is 0 Å². The number of hydrogen-bond acceptors (Lipinski definition) is 3. The summed E-state index contributed by atoms with van der Waals surface area (Å²) in [6.45, 7) is 2.69. The third-order valence-corrected chi connectivity index (χ3v) is 3.93. The Labute approximate surface area is 98.6 Å². The second-order valence-electron chi connectivity index (χ2n) is 4.80. The van der Waals surface area contributed by atoms with Crippen LogP contribution in [0, 0.1) is 5.92 Å². The molecule has 1 aliphatic carbocycles. The Morgan fingerprint density at radius 1 is 1.50 bits per heavy atom. The predicted octanol–water partition coefficient (Wildman–Crippen LogP) is 0.570. The Kier molecular flexibility index (Phi) is 5.22. The summed E-state index contributed by atoms with van der Waals surface area (Å²) >= 11 is 0. The van der Waals surface area contributed by atoms with Gasteiger partial charge < -0.3 is 11.1 Å². The number of nitrogens with one attached hydrogen (secondary N) is 1. The minimum atomic E-state index is -0.0675. The fraction of sp³-hybridized carbons (Fsp3) is 0.917. The van der Waals surface area contributed by atoms with Gasteiger partial charge in [-0.05, 0) is 39.3 Å². The van der Waals surface area contributed by atoms with Gasteiger partial charge in [0.25, 0.3) is 0 Å². The second kappa shape index (κ2) is 6.21. The molecular weight excluding hydrogens is 202 g/mol. The third-order valence-electron chi connectivity index (χ3n) is 3.93. The Morgan fingerprint density at radius 2 is 2.12 bits per heavy atom. The van der Waals surface area contributed by atoms with Gasteiger partial charge in [0.05, 0.1) is 6.04 Å². The van der Waals surface area contributed by atoms with E-state index in [0.717, 1.165) is 6.54 Å². The lowest BCUT2D eigenvalue weighted by Crippen LogP contribution is -2.51. The van der Waals surface area contributed by atoms with Crippen molar-refractivity contribution in [2.24, 2.45) is 11.7 Å². The zero-order valence-electron chi connectivity index (χ0n) is 10.7. The van der Waals surface area contributed by atoms with E-state index in [1.54, 1.807) is 7.05 Å². The summed E-state index contributed by atoms with van der Waals surface area (Å²) in [7, 11) is 3.73. The zero-order valence-corrected chi connectivity index (χ0v) is 10.7. The van der Waals surface area contributed by atoms with Crippen molar-refractivity contribution in [3.05, 3.63) is 0 Å². The van der Waals surface area contributed by atoms with Crippen molar-refractivity contribution in [2.75, 3.05) is 20.6 Å². The number of carbonyl (C=O) groups excluding carboxylic acids is 1. The summed E-state index contributed by atoms with van der Waals surface area (Å²) in [6.07, 6.45) is 4.90. The molecule has 0 bridgehead atoms. The molecular formula is C12H25N3O. The highest BCUT2D eigenvalue weighted by molar-refractivity contribution is 5.80. The molecule has 1 rings (SSSR count). The van der Waals surface area contributed by atoms with Crippen molar-refractivity contribution in [1.82, 2.24) is 10.2 Å². The van der Waals surface area contributed by atoms with E-state index in [2.05, 4.69) is 10.2 Å². The maximum atomic E-state index is 11.6. The molecule has 0 aromatic heterocycles. The standard InChI is InChI=1S/C12H25N3O/c1-9(12(16)14-2)15(3)11-7-5-4-6-10(11)8-13/h9-11H,4-8,13H2,1-3H3,(H,14,16). The quantitative estimate of drug-likeness (QED) is 0.738. The predicted molar refractivity (Wildman–Crippen MR) is 66.1 cm³/mol. The number of rotatable bonds is 4. The second-order valence-corrected chi connectivity index (χ2v) is 4.80. The Bertz CT molecular complexity index is 232. The van der Waals surface area contributed by atoms with Gasteiger partial charge in [-0.3, -0.25) is 9.69 Å². The molecule has 94 valence electrons. The van der Waals surface area contributed by atoms with Crippen molar-refractivity contribution in [3.63, 3.8) is 0 Å². The first-order chi connectivity index (χ1) is 7.61. The number of nitrogens with two attached hydrogens (primary N) is 1. The molecule has 0 heterocycles. The van der Waals surface area contributed by atoms with Gasteiger partial charge in [-0.15, -0.1) is 0 Å². The number of nitrogens with zero attached hydrogens (tertiary/aromatic N) is 1. The van der Waals surface area contributed by atoms with Crippen LogP contribution in [0.5, 0.6) is 0 Å². The van der Waals surface area contributed by atoms with Crippen molar-refractivity contribution in [1.29, 1.82) is 0 Å². The largest absolute Gasteiger partial charge is 0.358 e. The summed E-state index contributed by atoms with van der Waals surface area (Å²) in [4.78, 5) is 13.8. The van der Waals surface area contributed by atoms with Crippen molar-refractivity contribution in [2.45, 2.75) is 44.7 Å². The Hall–Kier alpha value is -0.610. The monoisotopic (exact) mass is 227 g/mol. The molecule has 0 spiro atoms. The van der Waals surface area contributed by atoms with Crippen LogP contribution in [0.2, 0.25) is 0 Å². The fourth-order valence-corrected chi connectivity index (χ4v) is 2.68. The lowest BCUT2D eigenvalue weighted by atomic mass is 9.83. The van der Waals surface area contributed by atoms with Crippen molar-refractivity contribution >= 4 is 5.91 Å². The molecule has 0 aliphatic heterocycles. The molecule has 0 aromatic carbocycles. The number of amides is 1. The first-order valence-electron chi connectivity index (χ1n) is 6.25. The minimum absolute atomic E-state index is 0.0675. The molecule has 1 saturated carbocycles. The van der Waals surface area contributed by atoms with Crippen molar-refractivity contribution < 1.29 is 4.79 Å². The van der Waals surface area contributed by atoms with Gasteiger partial charge in [0.1, 0.15) is 0 Å². The van der Waals surface area contributed by atoms with Gasteiger partial charge in [-0.25, -0.2) is 0 Å². The van der Waals surface area contributed by atoms with Gasteiger partial charge >= 0.3 is 0 Å². The molecule has 4 nitrogen and oxygen atoms in total. The molecule has 4 heteroatoms. The maximum Gasteiger partial charge on any atom is 0.236 e. The first-order valence-corrected chi connectivity index (χ1v) is 6.25. The summed E-state index contributed by atoms with van der Waals surface area (Å²) in [5.41, 5.74) is 5.81. The van der Waals surface area contributed by atoms with Gasteiger partial charge in [-0.2, -0.15) is 0 Å². The molecule has 3 N–H and O–H groups in total. The van der Waals surface area contributed by atoms with Gasteiger partial charge in [0.15, 0.2) is 0 Å². The molecule has 16 heavy (non-hydrogen) atoms. The summed E-state index contributed by atoms with van der Waals surface area (Å²) in [6, 6.07) is 0.396. The minimum Gasteiger partial charge on any atom is -0.358 e. The van der Waals surface area contributed by atoms with E-state index in [-0.39, 0.29) is 11.9 Å². The SMILES string of the molecule is CNC(=O)C(C)N(C)C1CCCCC1CN. The van der Waals surface area contributed by atoms with Crippen LogP contribution in [-0.2, 0) is 4.79 Å². The van der Waals surface area contributed by atoms with E-state index in [9.17, 15) is 4.79 Å². The third kappa shape index (κ3) is 2.95. The van der Waals surface area contributed by atoms with Gasteiger partial charge in [0.2, 0.25) is 5.91 Å². The molecule has 3 unspecified atom stereocenters. The topological polar surface area (TPSA) is 58.4 Å². The number of hydrogen-bond donors (Lipinski definition) is 2. The first kappa shape index (κ1) is 13.5. The summed E-state index contributed by atoms with van der Waals surface area (Å²) in [5, 5.41) is 2.71. The molecule has 1 aliphatic rings. The highest BCUT2D eigenvalue weighted by Gasteiger charge is 2.31. The average molecular weight is 227 g/mol. The normalized spacial score (nSPS) is 27.8. The van der Waals surface area contributed by atoms with E-state index in [4.69, 9.17) is 5.73 Å². The van der Waals surface area contributed by atoms with Crippen LogP contribution in [0.4, 0.5) is 0 Å². The summed E-state index contributed by atoms with van der Waals surface area (Å²) < 4.78 is 0. The maximum absolute atomic E-state index is 11.6. The van der Waals surface area contributed by atoms with Crippen LogP contribution in [0.25, 0.3) is 0 Å². The average Bonchev–Trinajstić information content (AvgIpc) is 2.35. The Morgan fingerprint density at radius 3 is 2.69 bits per heavy atom. The van der Waals surface area contributed by atoms with Gasteiger partial charge in [-0.1, -0.05) is 12.8 Å². The molecule has 1 fully saturated rings. The fourth-order valence-electron chi connectivity index (χ4n) is 2.68. The van der Waals surface area contributed by atoms with E-state index in [0.29, 0.717) is 12.0 Å². The molecule has 0 radical (unpaired) electrons. The lowest BCUT2D eigenvalue weighted by molar-refractivity contribution is -0.126. The molecule has 3 atom stereocenters. The van der Waals surface area contributed by atoms with E-state index in [1.165, 1.54) is 25.7 Å². The van der Waals surface area contributed by atoms with Crippen LogP contribution in [0.3, 0.4) is 0 Å². The molecule has 1 amide bonds. The van der Waals surface area contributed by atoms with E-state index in [1.807, 2.05) is 14.0 Å². The molecule has 0 aromatic rings. The van der Waals surface area contributed by atoms with Crippen LogP contribution >= 0.6 is 0 Å². The van der Waals surface area contributed by atoms with Crippen LogP contribution in [0.15, 0.2) is 0 Å². The van der Waals surface area contributed by atoms with Crippen molar-refractivity contribution in [3.8, 4) is 0 Å². The number of likely N-dealkylation sites (N-methyl/N-ethyl adjacent to an activating group) is 2. The lowest BCUT2D eigenvalue weighted by Gasteiger charge is -2.39. The van der Waals surface area contributed by atoms with Crippen LogP contribution in [0.1, 0.15) is 32.6 Å². The zero-order chi connectivity index (χ0) is 12.1. The van der Waals surface area contributed by atoms with Gasteiger partial charge in [0, 0.05) is 13.1 Å². The highest BCUT2D eigenvalue weighted by Crippen LogP contribution is 2.28. The van der Waals surface area contributed by atoms with E-state index < -0.39 is 0 Å². The molecule has 0 saturated heterocycles. The Balaban J connectivity index is 2.62. The van der Waals surface area contributed by atoms with Crippen LogP contribution < -0.4 is 11.1 Å². The van der Waals surface area contributed by atoms with Crippen LogP contribution in [-0.4, -0.2) is 43.5 Å².